The number of nitrogens with zero attached hydrogens (tertiary/aromatic N) is 2. The van der Waals surface area contributed by atoms with Gasteiger partial charge >= 0.3 is 0 Å². The number of hydrogen-bond acceptors (Lipinski definition) is 2. The molecule has 0 N–H and O–H groups in total. The second-order valence-electron chi connectivity index (χ2n) is 9.01. The van der Waals surface area contributed by atoms with Crippen molar-refractivity contribution in [2.24, 2.45) is 10.8 Å². The summed E-state index contributed by atoms with van der Waals surface area (Å²) in [5.74, 6) is -1.57. The zero-order valence-corrected chi connectivity index (χ0v) is 15.4. The van der Waals surface area contributed by atoms with Gasteiger partial charge in [-0.15, -0.1) is 0 Å². The minimum absolute atomic E-state index is 0.0596. The number of rotatable bonds is 3. The van der Waals surface area contributed by atoms with Crippen LogP contribution in [0.3, 0.4) is 0 Å². The third-order valence-electron chi connectivity index (χ3n) is 5.38. The van der Waals surface area contributed by atoms with Crippen molar-refractivity contribution in [3.05, 3.63) is 35.4 Å². The number of benzene rings is 1. The summed E-state index contributed by atoms with van der Waals surface area (Å²) in [6, 6.07) is 3.88. The molecule has 3 rings (SSSR count). The number of carbonyl (C=O) groups excluding carboxylic acids is 1. The summed E-state index contributed by atoms with van der Waals surface area (Å²) < 4.78 is 26.5. The maximum atomic E-state index is 13.4. The van der Waals surface area contributed by atoms with Gasteiger partial charge in [0.2, 0.25) is 5.91 Å². The van der Waals surface area contributed by atoms with E-state index in [9.17, 15) is 13.6 Å². The Labute approximate surface area is 149 Å². The lowest BCUT2D eigenvalue weighted by Crippen LogP contribution is -2.44. The lowest BCUT2D eigenvalue weighted by atomic mass is 9.77. The normalized spacial score (nSPS) is 21.3. The molecule has 0 bridgehead atoms. The predicted octanol–water partition coefficient (Wildman–Crippen LogP) is 3.83. The molecule has 5 heteroatoms. The number of carbonyl (C=O) groups is 1. The van der Waals surface area contributed by atoms with Crippen molar-refractivity contribution in [1.29, 1.82) is 0 Å². The highest BCUT2D eigenvalue weighted by atomic mass is 19.2. The number of halogens is 2. The van der Waals surface area contributed by atoms with E-state index in [1.807, 2.05) is 4.90 Å². The minimum Gasteiger partial charge on any atom is -0.338 e. The third-order valence-corrected chi connectivity index (χ3v) is 5.38. The van der Waals surface area contributed by atoms with E-state index in [4.69, 9.17) is 0 Å². The Morgan fingerprint density at radius 2 is 1.80 bits per heavy atom. The Kier molecular flexibility index (Phi) is 4.89. The third kappa shape index (κ3) is 4.38. The maximum Gasteiger partial charge on any atom is 0.223 e. The fraction of sp³-hybridized carbons (Fsp3) is 0.650. The van der Waals surface area contributed by atoms with Crippen LogP contribution in [0.5, 0.6) is 0 Å². The van der Waals surface area contributed by atoms with E-state index in [1.54, 1.807) is 6.07 Å². The second-order valence-corrected chi connectivity index (χ2v) is 9.01. The van der Waals surface area contributed by atoms with E-state index in [0.29, 0.717) is 18.5 Å². The van der Waals surface area contributed by atoms with Gasteiger partial charge in [-0.05, 0) is 54.5 Å². The zero-order chi connectivity index (χ0) is 18.2. The molecule has 0 radical (unpaired) electrons. The summed E-state index contributed by atoms with van der Waals surface area (Å²) in [5.41, 5.74) is 0.994. The highest BCUT2D eigenvalue weighted by Crippen LogP contribution is 2.42. The van der Waals surface area contributed by atoms with Crippen LogP contribution >= 0.6 is 0 Å². The van der Waals surface area contributed by atoms with Crippen molar-refractivity contribution in [3.8, 4) is 0 Å². The summed E-state index contributed by atoms with van der Waals surface area (Å²) in [5, 5.41) is 0. The van der Waals surface area contributed by atoms with Gasteiger partial charge in [0.05, 0.1) is 0 Å². The molecule has 2 aliphatic rings. The van der Waals surface area contributed by atoms with E-state index in [2.05, 4.69) is 25.7 Å². The quantitative estimate of drug-likeness (QED) is 0.827. The van der Waals surface area contributed by atoms with Gasteiger partial charge in [-0.2, -0.15) is 0 Å². The van der Waals surface area contributed by atoms with Crippen LogP contribution in [-0.2, 0) is 11.3 Å². The second kappa shape index (κ2) is 6.67. The smallest absolute Gasteiger partial charge is 0.223 e. The molecule has 2 fully saturated rings. The van der Waals surface area contributed by atoms with Gasteiger partial charge in [0.15, 0.2) is 11.6 Å². The summed E-state index contributed by atoms with van der Waals surface area (Å²) in [6.45, 7) is 11.0. The average Bonchev–Trinajstić information content (AvgIpc) is 2.80. The van der Waals surface area contributed by atoms with Crippen LogP contribution in [0.2, 0.25) is 0 Å². The molecule has 2 heterocycles. The average molecular weight is 350 g/mol. The molecular formula is C20H28F2N2O. The predicted molar refractivity (Wildman–Crippen MR) is 94.0 cm³/mol. The topological polar surface area (TPSA) is 23.6 Å². The molecule has 0 aliphatic carbocycles. The van der Waals surface area contributed by atoms with Crippen molar-refractivity contribution in [2.45, 2.75) is 46.6 Å². The number of amides is 1. The first-order valence-electron chi connectivity index (χ1n) is 9.10. The number of hydrogen-bond donors (Lipinski definition) is 0. The molecule has 3 nitrogen and oxygen atoms in total. The van der Waals surface area contributed by atoms with Crippen LogP contribution in [0.15, 0.2) is 18.2 Å². The molecule has 1 spiro atoms. The van der Waals surface area contributed by atoms with E-state index in [1.165, 1.54) is 6.07 Å². The van der Waals surface area contributed by atoms with Gasteiger partial charge in [0.1, 0.15) is 0 Å². The molecule has 0 saturated carbocycles. The summed E-state index contributed by atoms with van der Waals surface area (Å²) in [6.07, 6.45) is 2.65. The lowest BCUT2D eigenvalue weighted by Gasteiger charge is -2.41. The first-order valence-corrected chi connectivity index (χ1v) is 9.10. The molecule has 2 aliphatic heterocycles. The molecule has 2 saturated heterocycles. The monoisotopic (exact) mass is 350 g/mol. The van der Waals surface area contributed by atoms with Crippen molar-refractivity contribution in [2.75, 3.05) is 26.2 Å². The van der Waals surface area contributed by atoms with E-state index >= 15 is 0 Å². The van der Waals surface area contributed by atoms with E-state index in [-0.39, 0.29) is 16.7 Å². The molecule has 0 atom stereocenters. The van der Waals surface area contributed by atoms with Gasteiger partial charge in [-0.1, -0.05) is 26.8 Å². The molecule has 0 aromatic heterocycles. The fourth-order valence-corrected chi connectivity index (χ4v) is 4.18. The summed E-state index contributed by atoms with van der Waals surface area (Å²) in [4.78, 5) is 16.8. The van der Waals surface area contributed by atoms with Crippen LogP contribution < -0.4 is 0 Å². The first-order chi connectivity index (χ1) is 11.7. The standard InChI is InChI=1S/C20H28F2N2O/c1-19(2,3)13-23-8-6-20(7-9-23)11-18(25)24(14-20)12-15-4-5-16(21)17(22)10-15/h4-5,10H,6-9,11-14H2,1-3H3. The Morgan fingerprint density at radius 1 is 1.12 bits per heavy atom. The largest absolute Gasteiger partial charge is 0.338 e. The van der Waals surface area contributed by atoms with Crippen LogP contribution in [0.1, 0.15) is 45.6 Å². The number of piperidine rings is 1. The van der Waals surface area contributed by atoms with Crippen LogP contribution in [0, 0.1) is 22.5 Å². The molecule has 138 valence electrons. The summed E-state index contributed by atoms with van der Waals surface area (Å²) >= 11 is 0. The molecule has 0 unspecified atom stereocenters. The highest BCUT2D eigenvalue weighted by Gasteiger charge is 2.44. The molecule has 1 aromatic rings. The lowest BCUT2D eigenvalue weighted by molar-refractivity contribution is -0.128. The van der Waals surface area contributed by atoms with Gasteiger partial charge in [-0.3, -0.25) is 4.79 Å². The SMILES string of the molecule is CC(C)(C)CN1CCC2(CC1)CC(=O)N(Cc1ccc(F)c(F)c1)C2. The van der Waals surface area contributed by atoms with Gasteiger partial charge in [0, 0.05) is 26.1 Å². The van der Waals surface area contributed by atoms with Gasteiger partial charge in [0.25, 0.3) is 0 Å². The van der Waals surface area contributed by atoms with Gasteiger partial charge in [-0.25, -0.2) is 8.78 Å². The molecule has 1 aromatic carbocycles. The maximum absolute atomic E-state index is 13.4. The first kappa shape index (κ1) is 18.3. The van der Waals surface area contributed by atoms with Gasteiger partial charge < -0.3 is 9.80 Å². The van der Waals surface area contributed by atoms with Crippen LogP contribution in [0.4, 0.5) is 8.78 Å². The van der Waals surface area contributed by atoms with Crippen molar-refractivity contribution in [1.82, 2.24) is 9.80 Å². The van der Waals surface area contributed by atoms with E-state index < -0.39 is 11.6 Å². The van der Waals surface area contributed by atoms with Crippen LogP contribution in [-0.4, -0.2) is 41.9 Å². The van der Waals surface area contributed by atoms with Crippen molar-refractivity contribution < 1.29 is 13.6 Å². The van der Waals surface area contributed by atoms with Crippen molar-refractivity contribution in [3.63, 3.8) is 0 Å². The molecular weight excluding hydrogens is 322 g/mol. The summed E-state index contributed by atoms with van der Waals surface area (Å²) in [7, 11) is 0. The zero-order valence-electron chi connectivity index (χ0n) is 15.4. The van der Waals surface area contributed by atoms with E-state index in [0.717, 1.165) is 45.1 Å². The fourth-order valence-electron chi connectivity index (χ4n) is 4.18. The number of likely N-dealkylation sites (tertiary alicyclic amines) is 2. The highest BCUT2D eigenvalue weighted by molar-refractivity contribution is 5.79. The Hall–Kier alpha value is -1.49. The molecule has 25 heavy (non-hydrogen) atoms. The molecule has 1 amide bonds. The Bertz CT molecular complexity index is 646. The van der Waals surface area contributed by atoms with Crippen molar-refractivity contribution >= 4 is 5.91 Å². The Morgan fingerprint density at radius 3 is 2.40 bits per heavy atom. The minimum atomic E-state index is -0.852. The Balaban J connectivity index is 1.60. The van der Waals surface area contributed by atoms with Crippen LogP contribution in [0.25, 0.3) is 0 Å².